The molecule has 42 heavy (non-hydrogen) atoms. The fraction of sp³-hybridized carbons (Fsp3) is 0.419. The summed E-state index contributed by atoms with van der Waals surface area (Å²) >= 11 is 3.37. The number of pyridine rings is 2. The van der Waals surface area contributed by atoms with E-state index in [0.29, 0.717) is 42.1 Å². The predicted octanol–water partition coefficient (Wildman–Crippen LogP) is 7.15. The van der Waals surface area contributed by atoms with Gasteiger partial charge in [0.2, 0.25) is 11.8 Å². The number of carbonyl (C=O) groups excluding carboxylic acids is 2. The van der Waals surface area contributed by atoms with Crippen LogP contribution in [0.5, 0.6) is 5.88 Å². The molecule has 11 heteroatoms. The van der Waals surface area contributed by atoms with E-state index in [9.17, 15) is 22.8 Å². The Kier molecular flexibility index (Phi) is 7.37. The lowest BCUT2D eigenvalue weighted by Crippen LogP contribution is -2.70. The number of nitrogens with one attached hydrogen (secondary N) is 1. The standard InChI is InChI=1S/C31H29BrF3N3O4/c1-18-23(32)12-22(26(39)29-15-30(16-29,17-29)31(33,34)35)27(37-18)38-28(40)20-9-10-41-24(11-20)21-7-8-25(36-13-21)42-14-19-5-3-2-4-6-19/h2-8,12-13,20,24H,9-11,14-17H2,1H3,(H,37,38,40)/t20-,24+,29?,30?/m0/s1. The van der Waals surface area contributed by atoms with E-state index in [-0.39, 0.29) is 42.7 Å². The second-order valence-corrected chi connectivity index (χ2v) is 12.5. The Bertz CT molecular complexity index is 1490. The fourth-order valence-corrected chi connectivity index (χ4v) is 6.67. The van der Waals surface area contributed by atoms with Crippen LogP contribution in [0.2, 0.25) is 0 Å². The summed E-state index contributed by atoms with van der Waals surface area (Å²) in [5, 5.41) is 2.81. The van der Waals surface area contributed by atoms with Crippen LogP contribution in [0, 0.1) is 23.7 Å². The molecule has 7 nitrogen and oxygen atoms in total. The van der Waals surface area contributed by atoms with E-state index in [0.717, 1.165) is 11.1 Å². The number of halogens is 4. The number of carbonyl (C=O) groups is 2. The SMILES string of the molecule is Cc1nc(NC(=O)[C@H]2CCO[C@@H](c3ccc(OCc4ccccc4)nc3)C2)c(C(=O)C23CC(C(F)(F)F)(C2)C3)cc1Br. The smallest absolute Gasteiger partial charge is 0.394 e. The third-order valence-electron chi connectivity index (χ3n) is 8.77. The monoisotopic (exact) mass is 643 g/mol. The normalized spacial score (nSPS) is 26.5. The highest BCUT2D eigenvalue weighted by Crippen LogP contribution is 2.79. The predicted molar refractivity (Wildman–Crippen MR) is 151 cm³/mol. The van der Waals surface area contributed by atoms with Gasteiger partial charge in [-0.25, -0.2) is 9.97 Å². The number of alkyl halides is 3. The first-order chi connectivity index (χ1) is 20.0. The number of aryl methyl sites for hydroxylation is 1. The van der Waals surface area contributed by atoms with Gasteiger partial charge >= 0.3 is 6.18 Å². The van der Waals surface area contributed by atoms with Crippen LogP contribution in [-0.2, 0) is 16.1 Å². The number of rotatable bonds is 8. The quantitative estimate of drug-likeness (QED) is 0.262. The van der Waals surface area contributed by atoms with Crippen molar-refractivity contribution in [3.8, 4) is 5.88 Å². The molecule has 4 fully saturated rings. The first kappa shape index (κ1) is 28.8. The average molecular weight is 644 g/mol. The molecule has 1 N–H and O–H groups in total. The van der Waals surface area contributed by atoms with Crippen LogP contribution in [0.3, 0.4) is 0 Å². The summed E-state index contributed by atoms with van der Waals surface area (Å²) < 4.78 is 52.4. The lowest BCUT2D eigenvalue weighted by molar-refractivity contribution is -0.346. The molecular formula is C31H29BrF3N3O4. The van der Waals surface area contributed by atoms with Crippen LogP contribution in [0.1, 0.15) is 65.4 Å². The third-order valence-corrected chi connectivity index (χ3v) is 9.57. The number of ether oxygens (including phenoxy) is 2. The van der Waals surface area contributed by atoms with Crippen molar-refractivity contribution in [1.29, 1.82) is 0 Å². The minimum atomic E-state index is -4.32. The number of nitrogens with zero attached hydrogens (tertiary/aromatic N) is 2. The summed E-state index contributed by atoms with van der Waals surface area (Å²) in [7, 11) is 0. The highest BCUT2D eigenvalue weighted by atomic mass is 79.9. The molecule has 2 bridgehead atoms. The summed E-state index contributed by atoms with van der Waals surface area (Å²) in [5.41, 5.74) is -0.261. The Morgan fingerprint density at radius 2 is 1.88 bits per heavy atom. The molecule has 3 heterocycles. The lowest BCUT2D eigenvalue weighted by Gasteiger charge is -2.69. The number of amides is 1. The number of anilines is 1. The molecule has 3 aliphatic carbocycles. The molecule has 1 aromatic carbocycles. The molecule has 1 saturated heterocycles. The molecule has 3 aromatic rings. The van der Waals surface area contributed by atoms with Gasteiger partial charge in [0, 0.05) is 34.7 Å². The summed E-state index contributed by atoms with van der Waals surface area (Å²) in [5.74, 6) is -0.572. The van der Waals surface area contributed by atoms with Gasteiger partial charge in [-0.05, 0) is 78.2 Å². The number of hydrogen-bond donors (Lipinski definition) is 1. The molecule has 1 aliphatic heterocycles. The lowest BCUT2D eigenvalue weighted by atomic mass is 9.33. The Hall–Kier alpha value is -3.31. The van der Waals surface area contributed by atoms with Crippen LogP contribution < -0.4 is 10.1 Å². The zero-order valence-electron chi connectivity index (χ0n) is 22.8. The van der Waals surface area contributed by atoms with Gasteiger partial charge in [-0.3, -0.25) is 9.59 Å². The maximum Gasteiger partial charge on any atom is 0.394 e. The average Bonchev–Trinajstić information content (AvgIpc) is 2.92. The Labute approximate surface area is 249 Å². The van der Waals surface area contributed by atoms with E-state index in [1.165, 1.54) is 0 Å². The van der Waals surface area contributed by atoms with Crippen LogP contribution in [0.4, 0.5) is 19.0 Å². The minimum absolute atomic E-state index is 0.0844. The Balaban J connectivity index is 1.11. The van der Waals surface area contributed by atoms with Gasteiger partial charge in [0.05, 0.1) is 22.8 Å². The highest BCUT2D eigenvalue weighted by molar-refractivity contribution is 9.10. The second-order valence-electron chi connectivity index (χ2n) is 11.6. The molecule has 2 atom stereocenters. The van der Waals surface area contributed by atoms with Crippen LogP contribution in [0.25, 0.3) is 0 Å². The molecule has 0 unspecified atom stereocenters. The number of aromatic nitrogens is 2. The summed E-state index contributed by atoms with van der Waals surface area (Å²) in [6.45, 7) is 2.47. The van der Waals surface area contributed by atoms with E-state index in [4.69, 9.17) is 9.47 Å². The molecule has 0 spiro atoms. The van der Waals surface area contributed by atoms with Gasteiger partial charge in [0.25, 0.3) is 0 Å². The van der Waals surface area contributed by atoms with Gasteiger partial charge in [-0.15, -0.1) is 0 Å². The largest absolute Gasteiger partial charge is 0.473 e. The summed E-state index contributed by atoms with van der Waals surface area (Å²) in [6.07, 6.45) is -2.76. The molecule has 4 aliphatic rings. The maximum absolute atomic E-state index is 13.5. The van der Waals surface area contributed by atoms with Gasteiger partial charge in [-0.1, -0.05) is 30.3 Å². The molecular weight excluding hydrogens is 615 g/mol. The van der Waals surface area contributed by atoms with Gasteiger partial charge in [-0.2, -0.15) is 13.2 Å². The van der Waals surface area contributed by atoms with Crippen molar-refractivity contribution in [2.45, 2.75) is 57.9 Å². The molecule has 220 valence electrons. The molecule has 2 aromatic heterocycles. The molecule has 3 saturated carbocycles. The Morgan fingerprint density at radius 3 is 2.55 bits per heavy atom. The number of ketones is 1. The van der Waals surface area contributed by atoms with Crippen LogP contribution in [-0.4, -0.2) is 34.4 Å². The van der Waals surface area contributed by atoms with Crippen molar-refractivity contribution in [2.24, 2.45) is 16.7 Å². The summed E-state index contributed by atoms with van der Waals surface area (Å²) in [4.78, 5) is 35.7. The van der Waals surface area contributed by atoms with E-state index in [1.54, 1.807) is 25.3 Å². The molecule has 1 amide bonds. The van der Waals surface area contributed by atoms with E-state index in [2.05, 4.69) is 31.2 Å². The maximum atomic E-state index is 13.5. The van der Waals surface area contributed by atoms with Crippen molar-refractivity contribution in [1.82, 2.24) is 9.97 Å². The van der Waals surface area contributed by atoms with Crippen molar-refractivity contribution >= 4 is 33.4 Å². The number of hydrogen-bond acceptors (Lipinski definition) is 6. The van der Waals surface area contributed by atoms with Crippen LogP contribution in [0.15, 0.2) is 59.2 Å². The first-order valence-electron chi connectivity index (χ1n) is 13.8. The minimum Gasteiger partial charge on any atom is -0.473 e. The van der Waals surface area contributed by atoms with E-state index < -0.39 is 28.7 Å². The summed E-state index contributed by atoms with van der Waals surface area (Å²) in [6, 6.07) is 15.0. The van der Waals surface area contributed by atoms with Crippen molar-refractivity contribution in [2.75, 3.05) is 11.9 Å². The van der Waals surface area contributed by atoms with Crippen molar-refractivity contribution in [3.63, 3.8) is 0 Å². The zero-order chi connectivity index (χ0) is 29.7. The number of benzene rings is 1. The second kappa shape index (κ2) is 10.8. The van der Waals surface area contributed by atoms with Crippen LogP contribution >= 0.6 is 15.9 Å². The zero-order valence-corrected chi connectivity index (χ0v) is 24.4. The van der Waals surface area contributed by atoms with Gasteiger partial charge < -0.3 is 14.8 Å². The van der Waals surface area contributed by atoms with E-state index >= 15 is 0 Å². The van der Waals surface area contributed by atoms with Gasteiger partial charge in [0.1, 0.15) is 12.4 Å². The number of Topliss-reactive ketones (excluding diaryl/α,β-unsaturated/α-hetero) is 1. The third kappa shape index (κ3) is 5.21. The Morgan fingerprint density at radius 1 is 1.14 bits per heavy atom. The van der Waals surface area contributed by atoms with Crippen molar-refractivity contribution in [3.05, 3.63) is 81.6 Å². The van der Waals surface area contributed by atoms with Crippen molar-refractivity contribution < 1.29 is 32.2 Å². The topological polar surface area (TPSA) is 90.4 Å². The molecule has 0 radical (unpaired) electrons. The van der Waals surface area contributed by atoms with Gasteiger partial charge in [0.15, 0.2) is 5.78 Å². The fourth-order valence-electron chi connectivity index (χ4n) is 6.35. The van der Waals surface area contributed by atoms with E-state index in [1.807, 2.05) is 36.4 Å². The molecule has 7 rings (SSSR count). The first-order valence-corrected chi connectivity index (χ1v) is 14.6. The highest BCUT2D eigenvalue weighted by Gasteiger charge is 2.80.